The molecular weight excluding hydrogens is 348 g/mol. The van der Waals surface area contributed by atoms with E-state index < -0.39 is 5.82 Å². The quantitative estimate of drug-likeness (QED) is 0.591. The highest BCUT2D eigenvalue weighted by Crippen LogP contribution is 2.14. The molecule has 27 heavy (non-hydrogen) atoms. The maximum absolute atomic E-state index is 13.9. The van der Waals surface area contributed by atoms with E-state index in [0.717, 1.165) is 0 Å². The van der Waals surface area contributed by atoms with Gasteiger partial charge in [0.1, 0.15) is 17.5 Å². The van der Waals surface area contributed by atoms with Gasteiger partial charge in [-0.25, -0.2) is 13.8 Å². The fourth-order valence-corrected chi connectivity index (χ4v) is 2.77. The molecule has 0 N–H and O–H groups in total. The van der Waals surface area contributed by atoms with Crippen molar-refractivity contribution >= 4 is 5.91 Å². The lowest BCUT2D eigenvalue weighted by Crippen LogP contribution is -2.32. The van der Waals surface area contributed by atoms with Gasteiger partial charge in [0.2, 0.25) is 0 Å². The lowest BCUT2D eigenvalue weighted by molar-refractivity contribution is 0.0757. The van der Waals surface area contributed by atoms with Crippen LogP contribution in [0.2, 0.25) is 0 Å². The van der Waals surface area contributed by atoms with Crippen molar-refractivity contribution in [3.8, 4) is 0 Å². The minimum atomic E-state index is -0.401. The molecule has 2 aromatic carbocycles. The Morgan fingerprint density at radius 1 is 1.15 bits per heavy atom. The number of carbonyl (C=O) groups excluding carboxylic acids is 1. The zero-order valence-electron chi connectivity index (χ0n) is 14.7. The van der Waals surface area contributed by atoms with Gasteiger partial charge in [0.05, 0.1) is 13.1 Å². The summed E-state index contributed by atoms with van der Waals surface area (Å²) >= 11 is 0. The first-order chi connectivity index (χ1) is 13.1. The van der Waals surface area contributed by atoms with Crippen molar-refractivity contribution in [2.24, 2.45) is 0 Å². The van der Waals surface area contributed by atoms with Crippen LogP contribution >= 0.6 is 0 Å². The Bertz CT molecular complexity index is 935. The third kappa shape index (κ3) is 4.47. The van der Waals surface area contributed by atoms with Gasteiger partial charge < -0.3 is 9.47 Å². The highest BCUT2D eigenvalue weighted by molar-refractivity contribution is 5.94. The van der Waals surface area contributed by atoms with Gasteiger partial charge in [-0.15, -0.1) is 6.58 Å². The molecule has 0 aliphatic rings. The molecule has 3 rings (SSSR count). The molecule has 0 radical (unpaired) electrons. The van der Waals surface area contributed by atoms with Crippen LogP contribution in [0, 0.1) is 11.6 Å². The first-order valence-electron chi connectivity index (χ1n) is 8.47. The number of nitrogens with zero attached hydrogens (tertiary/aromatic N) is 3. The molecule has 0 fully saturated rings. The van der Waals surface area contributed by atoms with E-state index in [0.29, 0.717) is 30.0 Å². The van der Waals surface area contributed by atoms with Crippen LogP contribution in [0.3, 0.4) is 0 Å². The van der Waals surface area contributed by atoms with Crippen LogP contribution in [0.25, 0.3) is 0 Å². The van der Waals surface area contributed by atoms with Crippen molar-refractivity contribution in [3.63, 3.8) is 0 Å². The van der Waals surface area contributed by atoms with Crippen LogP contribution < -0.4 is 0 Å². The van der Waals surface area contributed by atoms with Crippen molar-refractivity contribution in [2.75, 3.05) is 6.54 Å². The average molecular weight is 367 g/mol. The van der Waals surface area contributed by atoms with Crippen LogP contribution in [0.15, 0.2) is 73.6 Å². The number of benzene rings is 2. The molecule has 6 heteroatoms. The van der Waals surface area contributed by atoms with E-state index in [1.165, 1.54) is 30.3 Å². The first kappa shape index (κ1) is 18.5. The zero-order chi connectivity index (χ0) is 19.2. The van der Waals surface area contributed by atoms with Gasteiger partial charge in [-0.2, -0.15) is 0 Å². The van der Waals surface area contributed by atoms with E-state index in [4.69, 9.17) is 0 Å². The van der Waals surface area contributed by atoms with E-state index in [9.17, 15) is 13.6 Å². The molecule has 0 saturated carbocycles. The van der Waals surface area contributed by atoms with Crippen LogP contribution in [0.4, 0.5) is 8.78 Å². The molecule has 0 unspecified atom stereocenters. The molecular formula is C21H19F2N3O. The second kappa shape index (κ2) is 8.40. The van der Waals surface area contributed by atoms with Gasteiger partial charge in [0, 0.05) is 30.1 Å². The van der Waals surface area contributed by atoms with E-state index in [1.54, 1.807) is 46.1 Å². The topological polar surface area (TPSA) is 38.1 Å². The normalized spacial score (nSPS) is 10.6. The third-order valence-corrected chi connectivity index (χ3v) is 4.16. The standard InChI is InChI=1S/C21H19F2N3O/c1-2-12-26(21(27)16-7-9-18(22)10-8-16)15-20-24-11-13-25(20)14-17-5-3-4-6-19(17)23/h2-11,13H,1,12,14-15H2. The maximum atomic E-state index is 13.9. The van der Waals surface area contributed by atoms with E-state index in [-0.39, 0.29) is 18.3 Å². The summed E-state index contributed by atoms with van der Waals surface area (Å²) in [6.45, 7) is 4.54. The number of aromatic nitrogens is 2. The SMILES string of the molecule is C=CCN(Cc1nccn1Cc1ccccc1F)C(=O)c1ccc(F)cc1. The van der Waals surface area contributed by atoms with Crippen molar-refractivity contribution in [1.29, 1.82) is 0 Å². The Hall–Kier alpha value is -3.28. The molecule has 0 aliphatic carbocycles. The summed E-state index contributed by atoms with van der Waals surface area (Å²) in [5.74, 6) is -0.323. The largest absolute Gasteiger partial charge is 0.329 e. The van der Waals surface area contributed by atoms with Crippen LogP contribution in [-0.4, -0.2) is 26.9 Å². The van der Waals surface area contributed by atoms with Gasteiger partial charge >= 0.3 is 0 Å². The fourth-order valence-electron chi connectivity index (χ4n) is 2.77. The summed E-state index contributed by atoms with van der Waals surface area (Å²) in [4.78, 5) is 18.6. The molecule has 0 atom stereocenters. The molecule has 4 nitrogen and oxygen atoms in total. The second-order valence-corrected chi connectivity index (χ2v) is 6.04. The zero-order valence-corrected chi connectivity index (χ0v) is 14.7. The van der Waals surface area contributed by atoms with Gasteiger partial charge in [-0.1, -0.05) is 24.3 Å². The minimum Gasteiger partial charge on any atom is -0.329 e. The number of halogens is 2. The van der Waals surface area contributed by atoms with Crippen molar-refractivity contribution < 1.29 is 13.6 Å². The number of carbonyl (C=O) groups is 1. The predicted octanol–water partition coefficient (Wildman–Crippen LogP) is 4.04. The Morgan fingerprint density at radius 3 is 2.59 bits per heavy atom. The monoisotopic (exact) mass is 367 g/mol. The molecule has 0 spiro atoms. The Balaban J connectivity index is 1.80. The summed E-state index contributed by atoms with van der Waals surface area (Å²) < 4.78 is 28.8. The smallest absolute Gasteiger partial charge is 0.254 e. The summed E-state index contributed by atoms with van der Waals surface area (Å²) in [5.41, 5.74) is 0.919. The van der Waals surface area contributed by atoms with Crippen molar-refractivity contribution in [1.82, 2.24) is 14.5 Å². The molecule has 0 bridgehead atoms. The van der Waals surface area contributed by atoms with Crippen LogP contribution in [0.1, 0.15) is 21.7 Å². The van der Waals surface area contributed by atoms with Crippen molar-refractivity contribution in [2.45, 2.75) is 13.1 Å². The molecule has 138 valence electrons. The Labute approximate surface area is 156 Å². The highest BCUT2D eigenvalue weighted by Gasteiger charge is 2.18. The summed E-state index contributed by atoms with van der Waals surface area (Å²) in [7, 11) is 0. The number of imidazole rings is 1. The third-order valence-electron chi connectivity index (χ3n) is 4.16. The van der Waals surface area contributed by atoms with Crippen LogP contribution in [0.5, 0.6) is 0 Å². The number of amides is 1. The molecule has 0 aliphatic heterocycles. The minimum absolute atomic E-state index is 0.226. The predicted molar refractivity (Wildman–Crippen MR) is 99.1 cm³/mol. The Morgan fingerprint density at radius 2 is 1.89 bits per heavy atom. The van der Waals surface area contributed by atoms with Gasteiger partial charge in [-0.3, -0.25) is 4.79 Å². The molecule has 3 aromatic rings. The molecule has 1 aromatic heterocycles. The van der Waals surface area contributed by atoms with E-state index in [1.807, 2.05) is 0 Å². The van der Waals surface area contributed by atoms with Crippen LogP contribution in [-0.2, 0) is 13.1 Å². The molecule has 0 saturated heterocycles. The number of rotatable bonds is 7. The first-order valence-corrected chi connectivity index (χ1v) is 8.47. The van der Waals surface area contributed by atoms with Gasteiger partial charge in [-0.05, 0) is 30.3 Å². The average Bonchev–Trinajstić information content (AvgIpc) is 3.10. The molecule has 1 heterocycles. The lowest BCUT2D eigenvalue weighted by atomic mass is 10.2. The maximum Gasteiger partial charge on any atom is 0.254 e. The highest BCUT2D eigenvalue weighted by atomic mass is 19.1. The summed E-state index contributed by atoms with van der Waals surface area (Å²) in [6.07, 6.45) is 4.98. The van der Waals surface area contributed by atoms with Gasteiger partial charge in [0.15, 0.2) is 0 Å². The number of hydrogen-bond donors (Lipinski definition) is 0. The van der Waals surface area contributed by atoms with E-state index >= 15 is 0 Å². The summed E-state index contributed by atoms with van der Waals surface area (Å²) in [5, 5.41) is 0. The van der Waals surface area contributed by atoms with Gasteiger partial charge in [0.25, 0.3) is 5.91 Å². The second-order valence-electron chi connectivity index (χ2n) is 6.04. The van der Waals surface area contributed by atoms with E-state index in [2.05, 4.69) is 11.6 Å². The molecule has 1 amide bonds. The lowest BCUT2D eigenvalue weighted by Gasteiger charge is -2.21. The van der Waals surface area contributed by atoms with Crippen molar-refractivity contribution in [3.05, 3.63) is 102 Å². The fraction of sp³-hybridized carbons (Fsp3) is 0.143. The number of hydrogen-bond acceptors (Lipinski definition) is 2. The summed E-state index contributed by atoms with van der Waals surface area (Å²) in [6, 6.07) is 11.9. The Kier molecular flexibility index (Phi) is 5.76.